The van der Waals surface area contributed by atoms with E-state index in [2.05, 4.69) is 64.3 Å². The number of carbonyl (C=O) groups is 1. The molecule has 0 aliphatic carbocycles. The van der Waals surface area contributed by atoms with Crippen LogP contribution < -0.4 is 5.32 Å². The zero-order valence-corrected chi connectivity index (χ0v) is 17.5. The van der Waals surface area contributed by atoms with Crippen molar-refractivity contribution in [2.24, 2.45) is 13.0 Å². The minimum Gasteiger partial charge on any atom is -0.352 e. The molecule has 4 nitrogen and oxygen atoms in total. The van der Waals surface area contributed by atoms with Gasteiger partial charge in [0.25, 0.3) is 0 Å². The Morgan fingerprint density at radius 3 is 2.48 bits per heavy atom. The largest absolute Gasteiger partial charge is 0.352 e. The van der Waals surface area contributed by atoms with Gasteiger partial charge in [0.1, 0.15) is 0 Å². The first-order valence-corrected chi connectivity index (χ1v) is 10.7. The number of rotatable bonds is 6. The van der Waals surface area contributed by atoms with Crippen LogP contribution in [0.1, 0.15) is 36.5 Å². The summed E-state index contributed by atoms with van der Waals surface area (Å²) in [6, 6.07) is 16.7. The molecule has 1 saturated heterocycles. The number of para-hydroxylation sites is 1. The average Bonchev–Trinajstić information content (AvgIpc) is 3.05. The van der Waals surface area contributed by atoms with Crippen LogP contribution in [0.5, 0.6) is 0 Å². The van der Waals surface area contributed by atoms with Gasteiger partial charge in [0.15, 0.2) is 0 Å². The lowest BCUT2D eigenvalue weighted by Crippen LogP contribution is -2.33. The number of aromatic nitrogens is 1. The number of carbonyl (C=O) groups excluding carboxylic acids is 1. The molecule has 1 aliphatic heterocycles. The average molecular weight is 390 g/mol. The minimum atomic E-state index is 0.0722. The van der Waals surface area contributed by atoms with Gasteiger partial charge in [-0.1, -0.05) is 49.4 Å². The molecule has 1 amide bonds. The normalized spacial score (nSPS) is 15.7. The van der Waals surface area contributed by atoms with E-state index in [1.165, 1.54) is 37.1 Å². The van der Waals surface area contributed by atoms with E-state index >= 15 is 0 Å². The van der Waals surface area contributed by atoms with Gasteiger partial charge in [0, 0.05) is 37.2 Å². The van der Waals surface area contributed by atoms with E-state index in [9.17, 15) is 4.79 Å². The maximum Gasteiger partial charge on any atom is 0.224 e. The molecule has 2 aromatic carbocycles. The summed E-state index contributed by atoms with van der Waals surface area (Å²) in [5, 5.41) is 4.30. The Kier molecular flexibility index (Phi) is 6.00. The molecule has 0 saturated carbocycles. The van der Waals surface area contributed by atoms with Crippen molar-refractivity contribution in [3.8, 4) is 0 Å². The summed E-state index contributed by atoms with van der Waals surface area (Å²) in [4.78, 5) is 15.2. The molecule has 29 heavy (non-hydrogen) atoms. The number of aryl methyl sites for hydroxylation is 1. The quantitative estimate of drug-likeness (QED) is 0.684. The number of nitrogens with zero attached hydrogens (tertiary/aromatic N) is 2. The molecule has 0 radical (unpaired) electrons. The maximum absolute atomic E-state index is 12.6. The van der Waals surface area contributed by atoms with Gasteiger partial charge in [-0.15, -0.1) is 0 Å². The van der Waals surface area contributed by atoms with E-state index in [1.807, 2.05) is 19.2 Å². The van der Waals surface area contributed by atoms with Crippen LogP contribution in [0.25, 0.3) is 10.9 Å². The van der Waals surface area contributed by atoms with Crippen molar-refractivity contribution in [3.63, 3.8) is 0 Å². The second-order valence-corrected chi connectivity index (χ2v) is 8.46. The molecule has 0 bridgehead atoms. The lowest BCUT2D eigenvalue weighted by Gasteiger charge is -2.30. The van der Waals surface area contributed by atoms with E-state index in [1.54, 1.807) is 0 Å². The van der Waals surface area contributed by atoms with Gasteiger partial charge in [-0.2, -0.15) is 0 Å². The first-order chi connectivity index (χ1) is 14.1. The Balaban J connectivity index is 1.38. The van der Waals surface area contributed by atoms with Crippen molar-refractivity contribution in [1.82, 2.24) is 14.8 Å². The van der Waals surface area contributed by atoms with Gasteiger partial charge in [0.05, 0.1) is 6.42 Å². The number of benzene rings is 2. The SMILES string of the molecule is CC1CCN(Cc2ccccc2CNC(=O)Cc2cn(C)c3ccccc23)CC1. The zero-order valence-electron chi connectivity index (χ0n) is 17.5. The molecule has 0 atom stereocenters. The molecule has 1 aliphatic rings. The molecule has 0 unspecified atom stereocenters. The summed E-state index contributed by atoms with van der Waals surface area (Å²) >= 11 is 0. The lowest BCUT2D eigenvalue weighted by molar-refractivity contribution is -0.120. The van der Waals surface area contributed by atoms with Crippen molar-refractivity contribution in [1.29, 1.82) is 0 Å². The van der Waals surface area contributed by atoms with Crippen molar-refractivity contribution in [2.75, 3.05) is 13.1 Å². The van der Waals surface area contributed by atoms with Crippen molar-refractivity contribution in [2.45, 2.75) is 39.3 Å². The third-order valence-electron chi connectivity index (χ3n) is 6.20. The smallest absolute Gasteiger partial charge is 0.224 e. The van der Waals surface area contributed by atoms with Crippen LogP contribution in [0.4, 0.5) is 0 Å². The van der Waals surface area contributed by atoms with Gasteiger partial charge >= 0.3 is 0 Å². The van der Waals surface area contributed by atoms with E-state index in [-0.39, 0.29) is 5.91 Å². The lowest BCUT2D eigenvalue weighted by atomic mass is 9.98. The molecule has 3 aromatic rings. The molecular weight excluding hydrogens is 358 g/mol. The first-order valence-electron chi connectivity index (χ1n) is 10.7. The van der Waals surface area contributed by atoms with E-state index in [4.69, 9.17) is 0 Å². The van der Waals surface area contributed by atoms with Crippen LogP contribution in [0, 0.1) is 5.92 Å². The summed E-state index contributed by atoms with van der Waals surface area (Å²) in [7, 11) is 2.03. The van der Waals surface area contributed by atoms with Crippen molar-refractivity contribution < 1.29 is 4.79 Å². The molecule has 1 N–H and O–H groups in total. The zero-order chi connectivity index (χ0) is 20.2. The number of amides is 1. The van der Waals surface area contributed by atoms with Crippen LogP contribution in [-0.4, -0.2) is 28.5 Å². The standard InChI is InChI=1S/C25H31N3O/c1-19-11-13-28(14-12-19)18-21-8-4-3-7-20(21)16-26-25(29)15-22-17-27(2)24-10-6-5-9-23(22)24/h3-10,17,19H,11-16,18H2,1-2H3,(H,26,29). The van der Waals surface area contributed by atoms with Crippen LogP contribution in [0.3, 0.4) is 0 Å². The maximum atomic E-state index is 12.6. The molecule has 1 fully saturated rings. The third kappa shape index (κ3) is 4.70. The summed E-state index contributed by atoms with van der Waals surface area (Å²) in [5.41, 5.74) is 4.79. The topological polar surface area (TPSA) is 37.3 Å². The van der Waals surface area contributed by atoms with Crippen LogP contribution in [-0.2, 0) is 31.4 Å². The fourth-order valence-corrected chi connectivity index (χ4v) is 4.34. The number of likely N-dealkylation sites (tertiary alicyclic amines) is 1. The predicted molar refractivity (Wildman–Crippen MR) is 119 cm³/mol. The summed E-state index contributed by atoms with van der Waals surface area (Å²) in [6.45, 7) is 6.24. The third-order valence-corrected chi connectivity index (χ3v) is 6.20. The summed E-state index contributed by atoms with van der Waals surface area (Å²) in [6.07, 6.45) is 5.04. The molecule has 4 heteroatoms. The molecule has 2 heterocycles. The Hall–Kier alpha value is -2.59. The Labute approximate surface area is 173 Å². The highest BCUT2D eigenvalue weighted by molar-refractivity contribution is 5.89. The fraction of sp³-hybridized carbons (Fsp3) is 0.400. The van der Waals surface area contributed by atoms with Gasteiger partial charge in [0.2, 0.25) is 5.91 Å². The molecule has 4 rings (SSSR count). The number of hydrogen-bond acceptors (Lipinski definition) is 2. The van der Waals surface area contributed by atoms with E-state index in [0.717, 1.165) is 28.9 Å². The van der Waals surface area contributed by atoms with Gasteiger partial charge in [-0.05, 0) is 54.6 Å². The molecule has 0 spiro atoms. The molecule has 1 aromatic heterocycles. The first kappa shape index (κ1) is 19.7. The monoisotopic (exact) mass is 389 g/mol. The fourth-order valence-electron chi connectivity index (χ4n) is 4.34. The minimum absolute atomic E-state index is 0.0722. The second-order valence-electron chi connectivity index (χ2n) is 8.46. The second kappa shape index (κ2) is 8.83. The molecular formula is C25H31N3O. The Bertz CT molecular complexity index is 983. The van der Waals surface area contributed by atoms with Crippen LogP contribution in [0.15, 0.2) is 54.7 Å². The molecule has 152 valence electrons. The van der Waals surface area contributed by atoms with Crippen LogP contribution >= 0.6 is 0 Å². The van der Waals surface area contributed by atoms with E-state index in [0.29, 0.717) is 13.0 Å². The number of piperidine rings is 1. The van der Waals surface area contributed by atoms with Gasteiger partial charge < -0.3 is 9.88 Å². The highest BCUT2D eigenvalue weighted by Gasteiger charge is 2.17. The number of nitrogens with one attached hydrogen (secondary N) is 1. The van der Waals surface area contributed by atoms with Crippen molar-refractivity contribution >= 4 is 16.8 Å². The Morgan fingerprint density at radius 1 is 1.00 bits per heavy atom. The predicted octanol–water partition coefficient (Wildman–Crippen LogP) is 4.27. The van der Waals surface area contributed by atoms with Gasteiger partial charge in [-0.25, -0.2) is 0 Å². The van der Waals surface area contributed by atoms with E-state index < -0.39 is 0 Å². The summed E-state index contributed by atoms with van der Waals surface area (Å²) in [5.74, 6) is 0.915. The highest BCUT2D eigenvalue weighted by Crippen LogP contribution is 2.21. The van der Waals surface area contributed by atoms with Crippen molar-refractivity contribution in [3.05, 3.63) is 71.4 Å². The highest BCUT2D eigenvalue weighted by atomic mass is 16.1. The number of hydrogen-bond donors (Lipinski definition) is 1. The van der Waals surface area contributed by atoms with Crippen LogP contribution in [0.2, 0.25) is 0 Å². The number of fused-ring (bicyclic) bond motifs is 1. The Morgan fingerprint density at radius 2 is 1.69 bits per heavy atom. The summed E-state index contributed by atoms with van der Waals surface area (Å²) < 4.78 is 2.09. The van der Waals surface area contributed by atoms with Gasteiger partial charge in [-0.3, -0.25) is 9.69 Å².